The van der Waals surface area contributed by atoms with Crippen molar-refractivity contribution in [2.24, 2.45) is 5.92 Å². The van der Waals surface area contributed by atoms with Crippen molar-refractivity contribution in [1.82, 2.24) is 0 Å². The smallest absolute Gasteiger partial charge is 0.294 e. The highest BCUT2D eigenvalue weighted by atomic mass is 19.4. The average molecular weight is 246 g/mol. The number of alkyl halides is 3. The second-order valence-electron chi connectivity index (χ2n) is 4.18. The van der Waals surface area contributed by atoms with Gasteiger partial charge in [-0.05, 0) is 31.0 Å². The minimum Gasteiger partial charge on any atom is -0.294 e. The minimum atomic E-state index is -4.58. The number of halogens is 4. The molecule has 1 aliphatic rings. The lowest BCUT2D eigenvalue weighted by atomic mass is 9.80. The molecule has 0 aromatic heterocycles. The topological polar surface area (TPSA) is 17.1 Å². The van der Waals surface area contributed by atoms with E-state index in [1.807, 2.05) is 0 Å². The zero-order valence-corrected chi connectivity index (χ0v) is 8.85. The molecule has 0 spiro atoms. The van der Waals surface area contributed by atoms with Crippen LogP contribution < -0.4 is 0 Å². The number of benzene rings is 1. The van der Waals surface area contributed by atoms with Gasteiger partial charge in [0.05, 0.1) is 11.1 Å². The molecule has 1 aromatic rings. The van der Waals surface area contributed by atoms with Gasteiger partial charge in [-0.25, -0.2) is 4.39 Å². The van der Waals surface area contributed by atoms with Gasteiger partial charge in [0.2, 0.25) is 0 Å². The molecule has 1 nitrogen and oxygen atoms in total. The summed E-state index contributed by atoms with van der Waals surface area (Å²) in [6.07, 6.45) is -2.28. The Balaban J connectivity index is 2.28. The van der Waals surface area contributed by atoms with Crippen molar-refractivity contribution >= 4 is 5.78 Å². The summed E-state index contributed by atoms with van der Waals surface area (Å²) in [7, 11) is 0. The van der Waals surface area contributed by atoms with Crippen molar-refractivity contribution in [3.63, 3.8) is 0 Å². The van der Waals surface area contributed by atoms with Gasteiger partial charge in [-0.1, -0.05) is 6.42 Å². The normalized spacial score (nSPS) is 16.7. The summed E-state index contributed by atoms with van der Waals surface area (Å²) in [5.41, 5.74) is -1.30. The Labute approximate surface area is 95.4 Å². The minimum absolute atomic E-state index is 0.221. The molecule has 0 heterocycles. The van der Waals surface area contributed by atoms with Crippen LogP contribution in [-0.2, 0) is 6.18 Å². The van der Waals surface area contributed by atoms with Crippen LogP contribution in [-0.4, -0.2) is 5.78 Å². The van der Waals surface area contributed by atoms with Crippen LogP contribution in [0.5, 0.6) is 0 Å². The number of carbonyl (C=O) groups is 1. The fourth-order valence-corrected chi connectivity index (χ4v) is 1.78. The van der Waals surface area contributed by atoms with Crippen LogP contribution >= 0.6 is 0 Å². The quantitative estimate of drug-likeness (QED) is 0.572. The zero-order valence-electron chi connectivity index (χ0n) is 8.85. The Morgan fingerprint density at radius 3 is 2.29 bits per heavy atom. The summed E-state index contributed by atoms with van der Waals surface area (Å²) in [6.45, 7) is 0. The maximum Gasteiger partial charge on any atom is 0.416 e. The van der Waals surface area contributed by atoms with E-state index in [4.69, 9.17) is 0 Å². The highest BCUT2D eigenvalue weighted by Gasteiger charge is 2.33. The summed E-state index contributed by atoms with van der Waals surface area (Å²) in [4.78, 5) is 11.7. The van der Waals surface area contributed by atoms with Crippen molar-refractivity contribution in [2.75, 3.05) is 0 Å². The van der Waals surface area contributed by atoms with Crippen molar-refractivity contribution in [1.29, 1.82) is 0 Å². The maximum absolute atomic E-state index is 13.4. The largest absolute Gasteiger partial charge is 0.416 e. The Morgan fingerprint density at radius 2 is 1.88 bits per heavy atom. The summed E-state index contributed by atoms with van der Waals surface area (Å²) >= 11 is 0. The van der Waals surface area contributed by atoms with E-state index >= 15 is 0 Å². The standard InChI is InChI=1S/C12H10F4O/c13-10-6-8(12(14,15)16)4-5-9(10)11(17)7-2-1-3-7/h4-7H,1-3H2. The van der Waals surface area contributed by atoms with Crippen LogP contribution in [0.2, 0.25) is 0 Å². The Bertz CT molecular complexity index is 446. The second kappa shape index (κ2) is 4.13. The highest BCUT2D eigenvalue weighted by molar-refractivity contribution is 5.98. The highest BCUT2D eigenvalue weighted by Crippen LogP contribution is 2.33. The molecular formula is C12H10F4O. The Morgan fingerprint density at radius 1 is 1.24 bits per heavy atom. The molecule has 5 heteroatoms. The third-order valence-electron chi connectivity index (χ3n) is 3.04. The van der Waals surface area contributed by atoms with E-state index in [1.54, 1.807) is 0 Å². The van der Waals surface area contributed by atoms with E-state index in [0.717, 1.165) is 18.6 Å². The van der Waals surface area contributed by atoms with Crippen LogP contribution in [0, 0.1) is 11.7 Å². The van der Waals surface area contributed by atoms with E-state index in [0.29, 0.717) is 18.9 Å². The molecule has 17 heavy (non-hydrogen) atoms. The summed E-state index contributed by atoms with van der Waals surface area (Å²) in [5.74, 6) is -1.69. The van der Waals surface area contributed by atoms with Gasteiger partial charge in [-0.15, -0.1) is 0 Å². The molecule has 1 aromatic carbocycles. The van der Waals surface area contributed by atoms with Gasteiger partial charge in [0.1, 0.15) is 5.82 Å². The third-order valence-corrected chi connectivity index (χ3v) is 3.04. The van der Waals surface area contributed by atoms with Crippen LogP contribution in [0.25, 0.3) is 0 Å². The molecule has 0 amide bonds. The first kappa shape index (κ1) is 12.1. The first-order valence-corrected chi connectivity index (χ1v) is 5.30. The second-order valence-corrected chi connectivity index (χ2v) is 4.18. The molecule has 0 atom stereocenters. The predicted molar refractivity (Wildman–Crippen MR) is 53.1 cm³/mol. The maximum atomic E-state index is 13.4. The summed E-state index contributed by atoms with van der Waals surface area (Å²) in [5, 5.41) is 0. The van der Waals surface area contributed by atoms with E-state index in [1.165, 1.54) is 0 Å². The Kier molecular flexibility index (Phi) is 2.93. The van der Waals surface area contributed by atoms with Crippen LogP contribution in [0.1, 0.15) is 35.2 Å². The number of carbonyl (C=O) groups excluding carboxylic acids is 1. The van der Waals surface area contributed by atoms with E-state index in [9.17, 15) is 22.4 Å². The monoisotopic (exact) mass is 246 g/mol. The van der Waals surface area contributed by atoms with Crippen molar-refractivity contribution in [2.45, 2.75) is 25.4 Å². The molecule has 0 radical (unpaired) electrons. The SMILES string of the molecule is O=C(c1ccc(C(F)(F)F)cc1F)C1CCC1. The van der Waals surface area contributed by atoms with Crippen LogP contribution in [0.3, 0.4) is 0 Å². The van der Waals surface area contributed by atoms with Gasteiger partial charge in [0, 0.05) is 5.92 Å². The first-order valence-electron chi connectivity index (χ1n) is 5.30. The number of ketones is 1. The van der Waals surface area contributed by atoms with Crippen molar-refractivity contribution in [3.8, 4) is 0 Å². The molecular weight excluding hydrogens is 236 g/mol. The Hall–Kier alpha value is -1.39. The average Bonchev–Trinajstić information content (AvgIpc) is 2.12. The molecule has 2 rings (SSSR count). The van der Waals surface area contributed by atoms with Gasteiger partial charge in [-0.2, -0.15) is 13.2 Å². The molecule has 0 aliphatic heterocycles. The van der Waals surface area contributed by atoms with Gasteiger partial charge >= 0.3 is 6.18 Å². The fourth-order valence-electron chi connectivity index (χ4n) is 1.78. The van der Waals surface area contributed by atoms with Crippen molar-refractivity contribution in [3.05, 3.63) is 35.1 Å². The van der Waals surface area contributed by atoms with Crippen LogP contribution in [0.15, 0.2) is 18.2 Å². The van der Waals surface area contributed by atoms with Gasteiger partial charge in [0.25, 0.3) is 0 Å². The molecule has 0 saturated heterocycles. The van der Waals surface area contributed by atoms with Gasteiger partial charge in [0.15, 0.2) is 5.78 Å². The number of rotatable bonds is 2. The fraction of sp³-hybridized carbons (Fsp3) is 0.417. The predicted octanol–water partition coefficient (Wildman–Crippen LogP) is 3.83. The third kappa shape index (κ3) is 2.33. The molecule has 0 N–H and O–H groups in total. The molecule has 0 unspecified atom stereocenters. The number of Topliss-reactive ketones (excluding diaryl/α,β-unsaturated/α-hetero) is 1. The zero-order chi connectivity index (χ0) is 12.6. The summed E-state index contributed by atoms with van der Waals surface area (Å²) in [6, 6.07) is 2.06. The van der Waals surface area contributed by atoms with Crippen molar-refractivity contribution < 1.29 is 22.4 Å². The number of hydrogen-bond acceptors (Lipinski definition) is 1. The van der Waals surface area contributed by atoms with Gasteiger partial charge in [-0.3, -0.25) is 4.79 Å². The molecule has 1 aliphatic carbocycles. The molecule has 0 bridgehead atoms. The van der Waals surface area contributed by atoms with Gasteiger partial charge < -0.3 is 0 Å². The van der Waals surface area contributed by atoms with E-state index in [-0.39, 0.29) is 17.3 Å². The summed E-state index contributed by atoms with van der Waals surface area (Å²) < 4.78 is 50.3. The number of hydrogen-bond donors (Lipinski definition) is 0. The molecule has 1 fully saturated rings. The molecule has 92 valence electrons. The lowest BCUT2D eigenvalue weighted by molar-refractivity contribution is -0.137. The van der Waals surface area contributed by atoms with E-state index in [2.05, 4.69) is 0 Å². The lowest BCUT2D eigenvalue weighted by Gasteiger charge is -2.24. The van der Waals surface area contributed by atoms with E-state index < -0.39 is 17.6 Å². The lowest BCUT2D eigenvalue weighted by Crippen LogP contribution is -2.23. The first-order chi connectivity index (χ1) is 7.89. The van der Waals surface area contributed by atoms with Crippen LogP contribution in [0.4, 0.5) is 17.6 Å². The molecule has 1 saturated carbocycles.